The molecule has 0 aliphatic heterocycles. The minimum Gasteiger partial charge on any atom is -0.462 e. The van der Waals surface area contributed by atoms with Crippen LogP contribution in [0.2, 0.25) is 0 Å². The van der Waals surface area contributed by atoms with Gasteiger partial charge in [-0.05, 0) is 43.7 Å². The summed E-state index contributed by atoms with van der Waals surface area (Å²) >= 11 is 0. The van der Waals surface area contributed by atoms with E-state index in [2.05, 4.69) is 11.9 Å². The highest BCUT2D eigenvalue weighted by atomic mass is 16.5. The van der Waals surface area contributed by atoms with Crippen molar-refractivity contribution in [3.05, 3.63) is 70.8 Å². The maximum atomic E-state index is 13.6. The monoisotopic (exact) mass is 469 g/mol. The first-order chi connectivity index (χ1) is 17.1. The predicted octanol–water partition coefficient (Wildman–Crippen LogP) is 5.04. The van der Waals surface area contributed by atoms with Crippen LogP contribution in [0.4, 0.5) is 0 Å². The van der Waals surface area contributed by atoms with Crippen molar-refractivity contribution in [3.8, 4) is 5.69 Å². The number of ether oxygens (including phenoxy) is 1. The number of unbranched alkanes of at least 4 members (excludes halogenated alkanes) is 3. The topological polar surface area (TPSA) is 91.9 Å². The van der Waals surface area contributed by atoms with Crippen LogP contribution in [0.1, 0.15) is 49.9 Å². The molecule has 0 atom stereocenters. The average Bonchev–Trinajstić information content (AvgIpc) is 3.20. The Morgan fingerprint density at radius 2 is 1.74 bits per heavy atom. The number of esters is 1. The van der Waals surface area contributed by atoms with Gasteiger partial charge >= 0.3 is 5.97 Å². The highest BCUT2D eigenvalue weighted by Crippen LogP contribution is 2.28. The molecule has 0 saturated heterocycles. The zero-order chi connectivity index (χ0) is 24.4. The van der Waals surface area contributed by atoms with Crippen LogP contribution in [-0.4, -0.2) is 36.7 Å². The molecule has 0 amide bonds. The third-order valence-electron chi connectivity index (χ3n) is 6.10. The molecule has 0 unspecified atom stereocenters. The van der Waals surface area contributed by atoms with E-state index in [-0.39, 0.29) is 12.2 Å². The van der Waals surface area contributed by atoms with Crippen LogP contribution in [0.3, 0.4) is 0 Å². The number of para-hydroxylation sites is 2. The van der Waals surface area contributed by atoms with E-state index in [0.717, 1.165) is 25.7 Å². The van der Waals surface area contributed by atoms with Gasteiger partial charge < -0.3 is 4.74 Å². The van der Waals surface area contributed by atoms with Crippen molar-refractivity contribution in [1.82, 2.24) is 24.1 Å². The lowest BCUT2D eigenvalue weighted by atomic mass is 10.2. The van der Waals surface area contributed by atoms with Gasteiger partial charge in [0.1, 0.15) is 10.9 Å². The second-order valence-electron chi connectivity index (χ2n) is 8.49. The van der Waals surface area contributed by atoms with Gasteiger partial charge in [-0.2, -0.15) is 0 Å². The third-order valence-corrected chi connectivity index (χ3v) is 6.10. The Bertz CT molecular complexity index is 1600. The van der Waals surface area contributed by atoms with E-state index in [4.69, 9.17) is 14.7 Å². The molecule has 3 aromatic heterocycles. The van der Waals surface area contributed by atoms with Gasteiger partial charge in [-0.3, -0.25) is 13.9 Å². The molecule has 8 heteroatoms. The van der Waals surface area contributed by atoms with Crippen molar-refractivity contribution in [1.29, 1.82) is 0 Å². The summed E-state index contributed by atoms with van der Waals surface area (Å²) in [5.74, 6) is -0.408. The summed E-state index contributed by atoms with van der Waals surface area (Å²) in [6, 6.07) is 14.6. The largest absolute Gasteiger partial charge is 0.462 e. The fourth-order valence-corrected chi connectivity index (χ4v) is 4.37. The molecule has 0 N–H and O–H groups in total. The van der Waals surface area contributed by atoms with Crippen molar-refractivity contribution >= 4 is 39.2 Å². The van der Waals surface area contributed by atoms with Crippen molar-refractivity contribution in [2.75, 3.05) is 6.61 Å². The van der Waals surface area contributed by atoms with E-state index in [1.165, 1.54) is 0 Å². The summed E-state index contributed by atoms with van der Waals surface area (Å²) in [4.78, 5) is 40.4. The average molecular weight is 470 g/mol. The zero-order valence-corrected chi connectivity index (χ0v) is 19.9. The number of nitrogens with zero attached hydrogens (tertiary/aromatic N) is 5. The lowest BCUT2D eigenvalue weighted by Gasteiger charge is -2.09. The number of benzene rings is 2. The van der Waals surface area contributed by atoms with Gasteiger partial charge in [0.05, 0.1) is 35.2 Å². The molecule has 0 spiro atoms. The summed E-state index contributed by atoms with van der Waals surface area (Å²) < 4.78 is 8.64. The second kappa shape index (κ2) is 9.66. The van der Waals surface area contributed by atoms with Crippen LogP contribution >= 0.6 is 0 Å². The zero-order valence-electron chi connectivity index (χ0n) is 19.9. The number of fused-ring (bicyclic) bond motifs is 4. The molecule has 5 rings (SSSR count). The number of carbonyl (C=O) groups is 1. The van der Waals surface area contributed by atoms with Gasteiger partial charge in [-0.1, -0.05) is 44.4 Å². The molecule has 0 saturated carbocycles. The molecule has 5 aromatic rings. The molecule has 0 aliphatic rings. The molecule has 0 radical (unpaired) electrons. The van der Waals surface area contributed by atoms with Crippen LogP contribution in [0, 0.1) is 0 Å². The first-order valence-corrected chi connectivity index (χ1v) is 12.1. The number of aromatic nitrogens is 5. The lowest BCUT2D eigenvalue weighted by molar-refractivity contribution is 0.0526. The van der Waals surface area contributed by atoms with Gasteiger partial charge in [0.15, 0.2) is 11.3 Å². The van der Waals surface area contributed by atoms with E-state index in [9.17, 15) is 9.59 Å². The molecule has 0 fully saturated rings. The molecular weight excluding hydrogens is 442 g/mol. The predicted molar refractivity (Wildman–Crippen MR) is 136 cm³/mol. The molecule has 178 valence electrons. The minimum absolute atomic E-state index is 0.138. The molecule has 8 nitrogen and oxygen atoms in total. The first-order valence-electron chi connectivity index (χ1n) is 12.1. The summed E-state index contributed by atoms with van der Waals surface area (Å²) in [7, 11) is 0. The van der Waals surface area contributed by atoms with Crippen LogP contribution < -0.4 is 5.56 Å². The lowest BCUT2D eigenvalue weighted by Crippen LogP contribution is -2.20. The quantitative estimate of drug-likeness (QED) is 0.234. The fourth-order valence-electron chi connectivity index (χ4n) is 4.37. The van der Waals surface area contributed by atoms with E-state index in [1.54, 1.807) is 40.6 Å². The highest BCUT2D eigenvalue weighted by molar-refractivity contribution is 6.06. The third kappa shape index (κ3) is 4.16. The van der Waals surface area contributed by atoms with Crippen molar-refractivity contribution < 1.29 is 9.53 Å². The standard InChI is InChI=1S/C27H27N5O3/c1-3-5-6-9-15-31-17-28-24-22(26(31)33)23-25(30-21-14-8-7-13-20(21)29-23)32(24)19-12-10-11-18(16-19)27(34)35-4-2/h7-8,10-14,16-17H,3-6,9,15H2,1-2H3. The van der Waals surface area contributed by atoms with Gasteiger partial charge in [0.25, 0.3) is 5.56 Å². The molecule has 0 aliphatic carbocycles. The molecular formula is C27H27N5O3. The van der Waals surface area contributed by atoms with E-state index in [0.29, 0.717) is 51.0 Å². The number of hydrogen-bond acceptors (Lipinski definition) is 6. The maximum Gasteiger partial charge on any atom is 0.338 e. The van der Waals surface area contributed by atoms with Gasteiger partial charge in [0, 0.05) is 6.54 Å². The van der Waals surface area contributed by atoms with E-state index >= 15 is 0 Å². The van der Waals surface area contributed by atoms with Crippen LogP contribution in [0.5, 0.6) is 0 Å². The normalized spacial score (nSPS) is 11.5. The second-order valence-corrected chi connectivity index (χ2v) is 8.49. The van der Waals surface area contributed by atoms with Crippen LogP contribution in [0.25, 0.3) is 38.9 Å². The Labute approximate surface area is 202 Å². The minimum atomic E-state index is -0.408. The number of carbonyl (C=O) groups excluding carboxylic acids is 1. The van der Waals surface area contributed by atoms with Crippen LogP contribution in [-0.2, 0) is 11.3 Å². The smallest absolute Gasteiger partial charge is 0.338 e. The van der Waals surface area contributed by atoms with Gasteiger partial charge in [-0.15, -0.1) is 0 Å². The Morgan fingerprint density at radius 3 is 2.51 bits per heavy atom. The van der Waals surface area contributed by atoms with Crippen molar-refractivity contribution in [2.45, 2.75) is 46.1 Å². The summed E-state index contributed by atoms with van der Waals surface area (Å²) in [6.45, 7) is 4.82. The Kier molecular flexibility index (Phi) is 6.27. The van der Waals surface area contributed by atoms with Crippen LogP contribution in [0.15, 0.2) is 59.7 Å². The molecule has 3 heterocycles. The molecule has 2 aromatic carbocycles. The number of aryl methyl sites for hydroxylation is 1. The van der Waals surface area contributed by atoms with Crippen molar-refractivity contribution in [2.24, 2.45) is 0 Å². The van der Waals surface area contributed by atoms with Crippen molar-refractivity contribution in [3.63, 3.8) is 0 Å². The maximum absolute atomic E-state index is 13.6. The molecule has 35 heavy (non-hydrogen) atoms. The fraction of sp³-hybridized carbons (Fsp3) is 0.296. The number of hydrogen-bond donors (Lipinski definition) is 0. The highest BCUT2D eigenvalue weighted by Gasteiger charge is 2.21. The number of rotatable bonds is 8. The summed E-state index contributed by atoms with van der Waals surface area (Å²) in [6.07, 6.45) is 5.84. The molecule has 0 bridgehead atoms. The Balaban J connectivity index is 1.76. The SMILES string of the molecule is CCCCCCn1cnc2c(c1=O)c1nc3ccccc3nc1n2-c1cccc(C(=O)OCC)c1. The Hall–Kier alpha value is -4.07. The summed E-state index contributed by atoms with van der Waals surface area (Å²) in [5, 5.41) is 0.429. The van der Waals surface area contributed by atoms with E-state index < -0.39 is 5.97 Å². The Morgan fingerprint density at radius 1 is 0.943 bits per heavy atom. The van der Waals surface area contributed by atoms with E-state index in [1.807, 2.05) is 30.3 Å². The summed E-state index contributed by atoms with van der Waals surface area (Å²) in [5.41, 5.74) is 3.84. The van der Waals surface area contributed by atoms with Gasteiger partial charge in [0.2, 0.25) is 0 Å². The van der Waals surface area contributed by atoms with Gasteiger partial charge in [-0.25, -0.2) is 19.7 Å². The first kappa shape index (κ1) is 22.7.